The molecule has 0 unspecified atom stereocenters. The van der Waals surface area contributed by atoms with E-state index in [1.54, 1.807) is 0 Å². The third-order valence-electron chi connectivity index (χ3n) is 6.24. The quantitative estimate of drug-likeness (QED) is 0.895. The molecule has 3 heterocycles. The summed E-state index contributed by atoms with van der Waals surface area (Å²) in [5, 5.41) is 12.1. The maximum absolute atomic E-state index is 12.5. The summed E-state index contributed by atoms with van der Waals surface area (Å²) in [5.74, 6) is 2.61. The lowest BCUT2D eigenvalue weighted by Gasteiger charge is -2.33. The minimum absolute atomic E-state index is 0.0700. The molecule has 1 saturated heterocycles. The van der Waals surface area contributed by atoms with Gasteiger partial charge in [-0.05, 0) is 51.7 Å². The summed E-state index contributed by atoms with van der Waals surface area (Å²) in [5.41, 5.74) is 0. The van der Waals surface area contributed by atoms with Crippen molar-refractivity contribution in [2.45, 2.75) is 76.9 Å². The van der Waals surface area contributed by atoms with Crippen LogP contribution >= 0.6 is 0 Å². The highest BCUT2D eigenvalue weighted by Gasteiger charge is 2.30. The third kappa shape index (κ3) is 3.72. The minimum atomic E-state index is 0.0700. The first-order valence-corrected chi connectivity index (χ1v) is 10.4. The predicted octanol–water partition coefficient (Wildman–Crippen LogP) is 2.34. The van der Waals surface area contributed by atoms with E-state index < -0.39 is 0 Å². The molecule has 4 rings (SSSR count). The van der Waals surface area contributed by atoms with Crippen LogP contribution < -0.4 is 5.32 Å². The Morgan fingerprint density at radius 2 is 1.85 bits per heavy atom. The standard InChI is InChI=1S/C19H32N6O/c1-2-9-23-10-7-15(8-11-23)18-22-21-17-14-24(12-13-25(17)18)19(26)20-16-5-3-4-6-16/h15-16H,2-14H2,1H3,(H,20,26). The molecule has 2 amide bonds. The summed E-state index contributed by atoms with van der Waals surface area (Å²) in [6, 6.07) is 0.437. The van der Waals surface area contributed by atoms with Gasteiger partial charge in [0.15, 0.2) is 5.82 Å². The Morgan fingerprint density at radius 1 is 1.08 bits per heavy atom. The SMILES string of the molecule is CCCN1CCC(c2nnc3n2CCN(C(=O)NC2CCCC2)C3)CC1. The molecule has 7 heteroatoms. The zero-order valence-corrected chi connectivity index (χ0v) is 16.0. The lowest BCUT2D eigenvalue weighted by molar-refractivity contribution is 0.175. The fourth-order valence-electron chi connectivity index (χ4n) is 4.72. The van der Waals surface area contributed by atoms with E-state index in [0.29, 0.717) is 18.5 Å². The number of carbonyl (C=O) groups is 1. The molecule has 2 fully saturated rings. The van der Waals surface area contributed by atoms with Gasteiger partial charge in [0.25, 0.3) is 0 Å². The molecule has 1 saturated carbocycles. The van der Waals surface area contributed by atoms with Gasteiger partial charge in [-0.25, -0.2) is 4.79 Å². The van der Waals surface area contributed by atoms with E-state index in [9.17, 15) is 4.79 Å². The normalized spacial score (nSPS) is 22.6. The van der Waals surface area contributed by atoms with E-state index in [1.165, 1.54) is 38.6 Å². The number of hydrogen-bond donors (Lipinski definition) is 1. The largest absolute Gasteiger partial charge is 0.335 e. The molecule has 1 aromatic heterocycles. The summed E-state index contributed by atoms with van der Waals surface area (Å²) in [4.78, 5) is 17.0. The molecule has 1 N–H and O–H groups in total. The summed E-state index contributed by atoms with van der Waals surface area (Å²) < 4.78 is 2.28. The summed E-state index contributed by atoms with van der Waals surface area (Å²) in [6.45, 7) is 7.94. The number of aromatic nitrogens is 3. The predicted molar refractivity (Wildman–Crippen MR) is 99.9 cm³/mol. The van der Waals surface area contributed by atoms with E-state index in [1.807, 2.05) is 4.90 Å². The van der Waals surface area contributed by atoms with E-state index in [4.69, 9.17) is 0 Å². The van der Waals surface area contributed by atoms with Crippen LogP contribution in [-0.4, -0.2) is 62.8 Å². The van der Waals surface area contributed by atoms with Crippen LogP contribution in [0.15, 0.2) is 0 Å². The smallest absolute Gasteiger partial charge is 0.318 e. The Balaban J connectivity index is 1.35. The van der Waals surface area contributed by atoms with Crippen LogP contribution in [0.25, 0.3) is 0 Å². The van der Waals surface area contributed by atoms with Crippen molar-refractivity contribution in [1.29, 1.82) is 0 Å². The number of likely N-dealkylation sites (tertiary alicyclic amines) is 1. The van der Waals surface area contributed by atoms with Gasteiger partial charge in [-0.15, -0.1) is 10.2 Å². The topological polar surface area (TPSA) is 66.3 Å². The highest BCUT2D eigenvalue weighted by Crippen LogP contribution is 2.28. The second kappa shape index (κ2) is 7.94. The molecule has 0 atom stereocenters. The molecule has 3 aliphatic rings. The molecule has 7 nitrogen and oxygen atoms in total. The van der Waals surface area contributed by atoms with Crippen molar-refractivity contribution in [1.82, 2.24) is 29.9 Å². The zero-order valence-electron chi connectivity index (χ0n) is 16.0. The van der Waals surface area contributed by atoms with Crippen molar-refractivity contribution in [2.75, 3.05) is 26.2 Å². The number of amides is 2. The molecule has 26 heavy (non-hydrogen) atoms. The van der Waals surface area contributed by atoms with Gasteiger partial charge in [-0.3, -0.25) is 0 Å². The van der Waals surface area contributed by atoms with E-state index in [-0.39, 0.29) is 6.03 Å². The molecule has 0 spiro atoms. The molecule has 144 valence electrons. The number of nitrogens with one attached hydrogen (secondary N) is 1. The van der Waals surface area contributed by atoms with Crippen LogP contribution in [0.1, 0.15) is 69.4 Å². The van der Waals surface area contributed by atoms with E-state index in [0.717, 1.165) is 50.7 Å². The molecule has 0 bridgehead atoms. The number of fused-ring (bicyclic) bond motifs is 1. The van der Waals surface area contributed by atoms with Gasteiger partial charge in [-0.1, -0.05) is 19.8 Å². The van der Waals surface area contributed by atoms with Crippen molar-refractivity contribution < 1.29 is 4.79 Å². The van der Waals surface area contributed by atoms with Crippen molar-refractivity contribution in [3.63, 3.8) is 0 Å². The van der Waals surface area contributed by atoms with Crippen molar-refractivity contribution >= 4 is 6.03 Å². The second-order valence-corrected chi connectivity index (χ2v) is 8.09. The van der Waals surface area contributed by atoms with Crippen LogP contribution in [-0.2, 0) is 13.1 Å². The number of piperidine rings is 1. The summed E-state index contributed by atoms with van der Waals surface area (Å²) in [6.07, 6.45) is 8.28. The fourth-order valence-corrected chi connectivity index (χ4v) is 4.72. The molecule has 1 aliphatic carbocycles. The average Bonchev–Trinajstić information content (AvgIpc) is 3.31. The fraction of sp³-hybridized carbons (Fsp3) is 0.842. The molecule has 2 aliphatic heterocycles. The maximum Gasteiger partial charge on any atom is 0.318 e. The van der Waals surface area contributed by atoms with Gasteiger partial charge >= 0.3 is 6.03 Å². The zero-order chi connectivity index (χ0) is 17.9. The first-order chi connectivity index (χ1) is 12.7. The highest BCUT2D eigenvalue weighted by atomic mass is 16.2. The second-order valence-electron chi connectivity index (χ2n) is 8.09. The Morgan fingerprint density at radius 3 is 2.58 bits per heavy atom. The Kier molecular flexibility index (Phi) is 5.43. The summed E-state index contributed by atoms with van der Waals surface area (Å²) >= 11 is 0. The number of urea groups is 1. The maximum atomic E-state index is 12.5. The summed E-state index contributed by atoms with van der Waals surface area (Å²) in [7, 11) is 0. The number of nitrogens with zero attached hydrogens (tertiary/aromatic N) is 5. The first kappa shape index (κ1) is 17.8. The molecule has 0 aromatic carbocycles. The third-order valence-corrected chi connectivity index (χ3v) is 6.24. The highest BCUT2D eigenvalue weighted by molar-refractivity contribution is 5.74. The van der Waals surface area contributed by atoms with Crippen LogP contribution in [0, 0.1) is 0 Å². The van der Waals surface area contributed by atoms with Crippen LogP contribution in [0.3, 0.4) is 0 Å². The van der Waals surface area contributed by atoms with Gasteiger partial charge in [0, 0.05) is 25.0 Å². The van der Waals surface area contributed by atoms with E-state index in [2.05, 4.69) is 31.9 Å². The van der Waals surface area contributed by atoms with Gasteiger partial charge in [0.05, 0.1) is 6.54 Å². The molecular weight excluding hydrogens is 328 g/mol. The Bertz CT molecular complexity index is 616. The van der Waals surface area contributed by atoms with Gasteiger partial charge in [0.2, 0.25) is 0 Å². The first-order valence-electron chi connectivity index (χ1n) is 10.4. The average molecular weight is 361 g/mol. The van der Waals surface area contributed by atoms with Gasteiger partial charge in [-0.2, -0.15) is 0 Å². The Labute approximate surface area is 156 Å². The van der Waals surface area contributed by atoms with Crippen molar-refractivity contribution in [2.24, 2.45) is 0 Å². The molecule has 1 aromatic rings. The lowest BCUT2D eigenvalue weighted by atomic mass is 9.95. The number of hydrogen-bond acceptors (Lipinski definition) is 4. The molecular formula is C19H32N6O. The van der Waals surface area contributed by atoms with Crippen LogP contribution in [0.2, 0.25) is 0 Å². The number of carbonyl (C=O) groups excluding carboxylic acids is 1. The van der Waals surface area contributed by atoms with Gasteiger partial charge in [0.1, 0.15) is 5.82 Å². The van der Waals surface area contributed by atoms with Crippen LogP contribution in [0.4, 0.5) is 4.79 Å². The van der Waals surface area contributed by atoms with E-state index >= 15 is 0 Å². The molecule has 0 radical (unpaired) electrons. The monoisotopic (exact) mass is 360 g/mol. The minimum Gasteiger partial charge on any atom is -0.335 e. The van der Waals surface area contributed by atoms with Crippen molar-refractivity contribution in [3.05, 3.63) is 11.6 Å². The number of rotatable bonds is 4. The Hall–Kier alpha value is -1.63. The van der Waals surface area contributed by atoms with Crippen LogP contribution in [0.5, 0.6) is 0 Å². The van der Waals surface area contributed by atoms with Crippen molar-refractivity contribution in [3.8, 4) is 0 Å². The lowest BCUT2D eigenvalue weighted by Crippen LogP contribution is -2.47. The van der Waals surface area contributed by atoms with Gasteiger partial charge < -0.3 is 19.7 Å².